The Hall–Kier alpha value is -2.17. The van der Waals surface area contributed by atoms with E-state index in [9.17, 15) is 0 Å². The summed E-state index contributed by atoms with van der Waals surface area (Å²) < 4.78 is 13.1. The average molecular weight is 379 g/mol. The van der Waals surface area contributed by atoms with Gasteiger partial charge < -0.3 is 9.47 Å². The Morgan fingerprint density at radius 1 is 1.11 bits per heavy atom. The Morgan fingerprint density at radius 3 is 2.54 bits per heavy atom. The summed E-state index contributed by atoms with van der Waals surface area (Å²) in [5.41, 5.74) is 6.98. The maximum absolute atomic E-state index is 6.65. The van der Waals surface area contributed by atoms with Crippen LogP contribution in [0.15, 0.2) is 59.7 Å². The second kappa shape index (κ2) is 7.34. The standard InChI is InChI=1S/C24H30N2O2/c1-17(2)24-15-14-23(4,28-24)22(27-16-19-11-9-8-10-18(19)3)21(24)26-25-20-12-6-5-7-13-20/h5-13,17,22,25H,14-16H2,1-4H3/t22-,23+,24+/m1/s1. The molecular formula is C24H30N2O2. The first-order valence-electron chi connectivity index (χ1n) is 10.2. The van der Waals surface area contributed by atoms with Crippen molar-refractivity contribution in [2.45, 2.75) is 64.4 Å². The van der Waals surface area contributed by atoms with E-state index < -0.39 is 0 Å². The lowest BCUT2D eigenvalue weighted by Crippen LogP contribution is -2.48. The monoisotopic (exact) mass is 378 g/mol. The molecule has 4 rings (SSSR count). The van der Waals surface area contributed by atoms with Crippen LogP contribution >= 0.6 is 0 Å². The van der Waals surface area contributed by atoms with Crippen LogP contribution in [0, 0.1) is 12.8 Å². The van der Waals surface area contributed by atoms with Crippen LogP contribution < -0.4 is 5.43 Å². The first-order chi connectivity index (χ1) is 13.4. The van der Waals surface area contributed by atoms with Gasteiger partial charge in [-0.3, -0.25) is 5.43 Å². The summed E-state index contributed by atoms with van der Waals surface area (Å²) in [6.07, 6.45) is 1.83. The van der Waals surface area contributed by atoms with Gasteiger partial charge in [-0.25, -0.2) is 0 Å². The Balaban J connectivity index is 1.63. The number of nitrogens with one attached hydrogen (secondary N) is 1. The zero-order valence-electron chi connectivity index (χ0n) is 17.2. The van der Waals surface area contributed by atoms with Crippen molar-refractivity contribution in [1.82, 2.24) is 0 Å². The second-order valence-electron chi connectivity index (χ2n) is 8.55. The van der Waals surface area contributed by atoms with Crippen LogP contribution in [-0.2, 0) is 16.1 Å². The molecule has 2 aliphatic heterocycles. The fraction of sp³-hybridized carbons (Fsp3) is 0.458. The summed E-state index contributed by atoms with van der Waals surface area (Å²) in [5, 5.41) is 4.85. The van der Waals surface area contributed by atoms with Crippen LogP contribution in [0.25, 0.3) is 0 Å². The molecule has 0 radical (unpaired) electrons. The predicted molar refractivity (Wildman–Crippen MR) is 114 cm³/mol. The van der Waals surface area contributed by atoms with E-state index in [1.54, 1.807) is 0 Å². The molecule has 28 heavy (non-hydrogen) atoms. The molecule has 2 saturated heterocycles. The molecule has 148 valence electrons. The van der Waals surface area contributed by atoms with Crippen molar-refractivity contribution in [2.24, 2.45) is 11.0 Å². The molecule has 0 aromatic heterocycles. The van der Waals surface area contributed by atoms with Gasteiger partial charge in [0.05, 0.1) is 17.9 Å². The lowest BCUT2D eigenvalue weighted by molar-refractivity contribution is -0.0959. The van der Waals surface area contributed by atoms with Crippen molar-refractivity contribution in [2.75, 3.05) is 5.43 Å². The van der Waals surface area contributed by atoms with Gasteiger partial charge in [0.2, 0.25) is 0 Å². The number of aryl methyl sites for hydroxylation is 1. The third kappa shape index (κ3) is 3.25. The minimum absolute atomic E-state index is 0.153. The van der Waals surface area contributed by atoms with Crippen LogP contribution in [0.5, 0.6) is 0 Å². The zero-order valence-corrected chi connectivity index (χ0v) is 17.2. The average Bonchev–Trinajstić information content (AvgIpc) is 3.17. The summed E-state index contributed by atoms with van der Waals surface area (Å²) in [4.78, 5) is 0. The molecule has 2 heterocycles. The largest absolute Gasteiger partial charge is 0.364 e. The molecule has 0 aliphatic carbocycles. The molecule has 1 N–H and O–H groups in total. The molecular weight excluding hydrogens is 348 g/mol. The number of hydrazone groups is 1. The number of rotatable bonds is 6. The van der Waals surface area contributed by atoms with Gasteiger partial charge in [-0.05, 0) is 55.9 Å². The van der Waals surface area contributed by atoms with Crippen molar-refractivity contribution in [1.29, 1.82) is 0 Å². The number of ether oxygens (including phenoxy) is 2. The SMILES string of the molecule is Cc1ccccc1CO[C@@H]1C(=NNc2ccccc2)[C@@]2(C(C)C)CC[C@]1(C)O2. The fourth-order valence-electron chi connectivity index (χ4n) is 4.52. The maximum Gasteiger partial charge on any atom is 0.129 e. The highest BCUT2D eigenvalue weighted by molar-refractivity contribution is 6.01. The van der Waals surface area contributed by atoms with Gasteiger partial charge in [0.15, 0.2) is 0 Å². The molecule has 0 unspecified atom stereocenters. The zero-order chi connectivity index (χ0) is 19.8. The van der Waals surface area contributed by atoms with Crippen LogP contribution in [-0.4, -0.2) is 23.0 Å². The summed E-state index contributed by atoms with van der Waals surface area (Å²) >= 11 is 0. The Kier molecular flexibility index (Phi) is 5.02. The normalized spacial score (nSPS) is 30.3. The van der Waals surface area contributed by atoms with Gasteiger partial charge in [-0.2, -0.15) is 5.10 Å². The third-order valence-electron chi connectivity index (χ3n) is 6.32. The Bertz CT molecular complexity index is 864. The molecule has 0 amide bonds. The maximum atomic E-state index is 6.65. The van der Waals surface area contributed by atoms with E-state index in [0.29, 0.717) is 12.5 Å². The lowest BCUT2D eigenvalue weighted by atomic mass is 9.74. The summed E-state index contributed by atoms with van der Waals surface area (Å²) in [6.45, 7) is 9.29. The molecule has 4 nitrogen and oxygen atoms in total. The van der Waals surface area contributed by atoms with E-state index in [1.807, 2.05) is 30.3 Å². The van der Waals surface area contributed by atoms with Crippen LogP contribution in [0.4, 0.5) is 5.69 Å². The summed E-state index contributed by atoms with van der Waals surface area (Å²) in [5.74, 6) is 0.331. The van der Waals surface area contributed by atoms with Crippen LogP contribution in [0.3, 0.4) is 0 Å². The highest BCUT2D eigenvalue weighted by Crippen LogP contribution is 2.53. The van der Waals surface area contributed by atoms with E-state index in [-0.39, 0.29) is 17.3 Å². The van der Waals surface area contributed by atoms with E-state index in [0.717, 1.165) is 24.2 Å². The topological polar surface area (TPSA) is 42.8 Å². The quantitative estimate of drug-likeness (QED) is 0.691. The third-order valence-corrected chi connectivity index (χ3v) is 6.32. The molecule has 2 fully saturated rings. The number of fused-ring (bicyclic) bond motifs is 2. The number of nitrogens with zero attached hydrogens (tertiary/aromatic N) is 1. The first kappa shape index (κ1) is 19.2. The fourth-order valence-corrected chi connectivity index (χ4v) is 4.52. The smallest absolute Gasteiger partial charge is 0.129 e. The molecule has 2 aromatic carbocycles. The van der Waals surface area contributed by atoms with E-state index in [1.165, 1.54) is 11.1 Å². The van der Waals surface area contributed by atoms with Gasteiger partial charge in [0.1, 0.15) is 17.4 Å². The summed E-state index contributed by atoms with van der Waals surface area (Å²) in [6, 6.07) is 18.4. The van der Waals surface area contributed by atoms with E-state index in [2.05, 4.69) is 57.4 Å². The van der Waals surface area contributed by atoms with Gasteiger partial charge in [-0.1, -0.05) is 56.3 Å². The molecule has 4 heteroatoms. The van der Waals surface area contributed by atoms with Crippen LogP contribution in [0.1, 0.15) is 44.7 Å². The molecule has 0 saturated carbocycles. The van der Waals surface area contributed by atoms with E-state index in [4.69, 9.17) is 14.6 Å². The Labute approximate surface area is 167 Å². The van der Waals surface area contributed by atoms with Crippen molar-refractivity contribution in [3.63, 3.8) is 0 Å². The molecule has 2 aromatic rings. The Morgan fingerprint density at radius 2 is 1.82 bits per heavy atom. The second-order valence-corrected chi connectivity index (χ2v) is 8.55. The predicted octanol–water partition coefficient (Wildman–Crippen LogP) is 5.33. The first-order valence-corrected chi connectivity index (χ1v) is 10.2. The molecule has 3 atom stereocenters. The number of hydrogen-bond acceptors (Lipinski definition) is 4. The molecule has 0 spiro atoms. The van der Waals surface area contributed by atoms with Gasteiger partial charge in [0.25, 0.3) is 0 Å². The summed E-state index contributed by atoms with van der Waals surface area (Å²) in [7, 11) is 0. The number of benzene rings is 2. The van der Waals surface area contributed by atoms with Gasteiger partial charge in [0, 0.05) is 0 Å². The lowest BCUT2D eigenvalue weighted by Gasteiger charge is -2.33. The highest BCUT2D eigenvalue weighted by atomic mass is 16.6. The van der Waals surface area contributed by atoms with Crippen molar-refractivity contribution in [3.8, 4) is 0 Å². The number of anilines is 1. The highest BCUT2D eigenvalue weighted by Gasteiger charge is 2.65. The van der Waals surface area contributed by atoms with E-state index >= 15 is 0 Å². The van der Waals surface area contributed by atoms with Crippen LogP contribution in [0.2, 0.25) is 0 Å². The van der Waals surface area contributed by atoms with Gasteiger partial charge in [-0.15, -0.1) is 0 Å². The minimum Gasteiger partial charge on any atom is -0.364 e. The molecule has 2 aliphatic rings. The van der Waals surface area contributed by atoms with Crippen molar-refractivity contribution < 1.29 is 9.47 Å². The van der Waals surface area contributed by atoms with Crippen molar-refractivity contribution >= 4 is 11.4 Å². The van der Waals surface area contributed by atoms with Crippen molar-refractivity contribution in [3.05, 3.63) is 65.7 Å². The number of hydrogen-bond donors (Lipinski definition) is 1. The molecule has 2 bridgehead atoms. The van der Waals surface area contributed by atoms with Gasteiger partial charge >= 0.3 is 0 Å². The number of para-hydroxylation sites is 1. The minimum atomic E-state index is -0.354.